The van der Waals surface area contributed by atoms with Gasteiger partial charge in [0.2, 0.25) is 0 Å². The van der Waals surface area contributed by atoms with Gasteiger partial charge in [-0.1, -0.05) is 6.92 Å². The second-order valence-corrected chi connectivity index (χ2v) is 5.79. The summed E-state index contributed by atoms with van der Waals surface area (Å²) in [4.78, 5) is 25.7. The molecule has 0 bridgehead atoms. The average Bonchev–Trinajstić information content (AvgIpc) is 2.69. The molecule has 0 aliphatic rings. The number of carboxylic acid groups (broad SMARTS) is 1. The van der Waals surface area contributed by atoms with Gasteiger partial charge in [0.15, 0.2) is 0 Å². The highest BCUT2D eigenvalue weighted by Gasteiger charge is 2.24. The number of methoxy groups -OCH3 is 1. The predicted molar refractivity (Wildman–Crippen MR) is 79.9 cm³/mol. The van der Waals surface area contributed by atoms with Crippen molar-refractivity contribution >= 4 is 28.3 Å². The van der Waals surface area contributed by atoms with E-state index in [-0.39, 0.29) is 12.4 Å². The maximum Gasteiger partial charge on any atom is 0.341 e. The molecule has 0 saturated heterocycles. The standard InChI is InChI=1S/C14H21NO4S/c1-5-7-15(8-6-11(16)17)13-12(14(18)19-4)9(2)10(3)20-13/h5-8H2,1-4H3,(H,16,17). The molecule has 1 aromatic rings. The van der Waals surface area contributed by atoms with E-state index < -0.39 is 5.97 Å². The molecule has 5 nitrogen and oxygen atoms in total. The number of aryl methyl sites for hydroxylation is 1. The van der Waals surface area contributed by atoms with Crippen molar-refractivity contribution in [3.8, 4) is 0 Å². The van der Waals surface area contributed by atoms with Gasteiger partial charge in [-0.25, -0.2) is 4.79 Å². The number of esters is 1. The molecule has 0 aromatic carbocycles. The van der Waals surface area contributed by atoms with Gasteiger partial charge in [-0.3, -0.25) is 4.79 Å². The zero-order chi connectivity index (χ0) is 15.3. The van der Waals surface area contributed by atoms with Crippen molar-refractivity contribution in [2.75, 3.05) is 25.1 Å². The molecule has 112 valence electrons. The van der Waals surface area contributed by atoms with Crippen molar-refractivity contribution in [2.45, 2.75) is 33.6 Å². The summed E-state index contributed by atoms with van der Waals surface area (Å²) in [5.41, 5.74) is 1.47. The van der Waals surface area contributed by atoms with Gasteiger partial charge in [0.1, 0.15) is 5.00 Å². The van der Waals surface area contributed by atoms with E-state index in [0.29, 0.717) is 12.1 Å². The van der Waals surface area contributed by atoms with Crippen LogP contribution in [-0.2, 0) is 9.53 Å². The number of hydrogen-bond acceptors (Lipinski definition) is 5. The first-order valence-electron chi connectivity index (χ1n) is 6.57. The number of carboxylic acids is 1. The Bertz CT molecular complexity index is 496. The lowest BCUT2D eigenvalue weighted by molar-refractivity contribution is -0.136. The van der Waals surface area contributed by atoms with Crippen LogP contribution < -0.4 is 4.90 Å². The largest absolute Gasteiger partial charge is 0.481 e. The lowest BCUT2D eigenvalue weighted by Crippen LogP contribution is -2.27. The molecule has 1 aromatic heterocycles. The Labute approximate surface area is 123 Å². The van der Waals surface area contributed by atoms with Gasteiger partial charge in [-0.05, 0) is 25.8 Å². The van der Waals surface area contributed by atoms with Crippen LogP contribution in [-0.4, -0.2) is 37.2 Å². The minimum Gasteiger partial charge on any atom is -0.481 e. The summed E-state index contributed by atoms with van der Waals surface area (Å²) in [5, 5.41) is 9.66. The quantitative estimate of drug-likeness (QED) is 0.784. The fourth-order valence-electron chi connectivity index (χ4n) is 1.99. The van der Waals surface area contributed by atoms with Gasteiger partial charge < -0.3 is 14.7 Å². The van der Waals surface area contributed by atoms with E-state index in [4.69, 9.17) is 9.84 Å². The van der Waals surface area contributed by atoms with Crippen LogP contribution in [0.15, 0.2) is 0 Å². The first-order valence-corrected chi connectivity index (χ1v) is 7.39. The van der Waals surface area contributed by atoms with Crippen molar-refractivity contribution in [3.63, 3.8) is 0 Å². The second-order valence-electron chi connectivity index (χ2n) is 4.59. The summed E-state index contributed by atoms with van der Waals surface area (Å²) in [6.07, 6.45) is 0.937. The zero-order valence-corrected chi connectivity index (χ0v) is 13.2. The van der Waals surface area contributed by atoms with Gasteiger partial charge in [-0.2, -0.15) is 0 Å². The third-order valence-electron chi connectivity index (χ3n) is 3.13. The van der Waals surface area contributed by atoms with Crippen molar-refractivity contribution in [3.05, 3.63) is 16.0 Å². The van der Waals surface area contributed by atoms with Crippen LogP contribution in [0.3, 0.4) is 0 Å². The number of ether oxygens (including phenoxy) is 1. The number of aliphatic carboxylic acids is 1. The van der Waals surface area contributed by atoms with E-state index in [1.54, 1.807) is 0 Å². The molecule has 0 unspecified atom stereocenters. The number of carbonyl (C=O) groups excluding carboxylic acids is 1. The molecule has 0 atom stereocenters. The third kappa shape index (κ3) is 3.72. The summed E-state index contributed by atoms with van der Waals surface area (Å²) in [7, 11) is 1.36. The molecule has 0 spiro atoms. The lowest BCUT2D eigenvalue weighted by Gasteiger charge is -2.23. The highest BCUT2D eigenvalue weighted by Crippen LogP contribution is 2.36. The molecule has 0 fully saturated rings. The van der Waals surface area contributed by atoms with E-state index >= 15 is 0 Å². The summed E-state index contributed by atoms with van der Waals surface area (Å²) < 4.78 is 4.85. The van der Waals surface area contributed by atoms with Crippen LogP contribution in [0.2, 0.25) is 0 Å². The number of nitrogens with zero attached hydrogens (tertiary/aromatic N) is 1. The van der Waals surface area contributed by atoms with Crippen molar-refractivity contribution in [2.24, 2.45) is 0 Å². The summed E-state index contributed by atoms with van der Waals surface area (Å²) >= 11 is 1.52. The maximum absolute atomic E-state index is 12.0. The SMILES string of the molecule is CCCN(CCC(=O)O)c1sc(C)c(C)c1C(=O)OC. The number of carbonyl (C=O) groups is 2. The van der Waals surface area contributed by atoms with Gasteiger partial charge in [-0.15, -0.1) is 11.3 Å². The highest BCUT2D eigenvalue weighted by atomic mass is 32.1. The van der Waals surface area contributed by atoms with Crippen LogP contribution in [0, 0.1) is 13.8 Å². The van der Waals surface area contributed by atoms with Crippen LogP contribution in [0.5, 0.6) is 0 Å². The van der Waals surface area contributed by atoms with Crippen LogP contribution >= 0.6 is 11.3 Å². The van der Waals surface area contributed by atoms with E-state index in [0.717, 1.165) is 28.4 Å². The number of hydrogen-bond donors (Lipinski definition) is 1. The zero-order valence-electron chi connectivity index (χ0n) is 12.4. The molecule has 0 aliphatic heterocycles. The molecule has 20 heavy (non-hydrogen) atoms. The molecule has 0 saturated carbocycles. The molecule has 0 radical (unpaired) electrons. The summed E-state index contributed by atoms with van der Waals surface area (Å²) in [6.45, 7) is 6.99. The Hall–Kier alpha value is -1.56. The number of rotatable bonds is 7. The minimum atomic E-state index is -0.837. The average molecular weight is 299 g/mol. The van der Waals surface area contributed by atoms with Gasteiger partial charge in [0, 0.05) is 18.0 Å². The molecular formula is C14H21NO4S. The number of anilines is 1. The predicted octanol–water partition coefficient (Wildman–Crippen LogP) is 2.84. The van der Waals surface area contributed by atoms with E-state index in [1.165, 1.54) is 18.4 Å². The molecule has 1 heterocycles. The Morgan fingerprint density at radius 1 is 1.30 bits per heavy atom. The topological polar surface area (TPSA) is 66.8 Å². The van der Waals surface area contributed by atoms with Gasteiger partial charge in [0.05, 0.1) is 19.1 Å². The monoisotopic (exact) mass is 299 g/mol. The first kappa shape index (κ1) is 16.5. The lowest BCUT2D eigenvalue weighted by atomic mass is 10.1. The molecular weight excluding hydrogens is 278 g/mol. The summed E-state index contributed by atoms with van der Waals surface area (Å²) in [6, 6.07) is 0. The Balaban J connectivity index is 3.15. The Morgan fingerprint density at radius 3 is 2.45 bits per heavy atom. The normalized spacial score (nSPS) is 10.4. The Kier molecular flexibility index (Phi) is 6.01. The van der Waals surface area contributed by atoms with E-state index in [9.17, 15) is 9.59 Å². The van der Waals surface area contributed by atoms with Gasteiger partial charge in [0.25, 0.3) is 0 Å². The third-order valence-corrected chi connectivity index (χ3v) is 4.40. The highest BCUT2D eigenvalue weighted by molar-refractivity contribution is 7.16. The smallest absolute Gasteiger partial charge is 0.341 e. The molecule has 1 rings (SSSR count). The van der Waals surface area contributed by atoms with Crippen molar-refractivity contribution in [1.29, 1.82) is 0 Å². The molecule has 1 N–H and O–H groups in total. The van der Waals surface area contributed by atoms with E-state index in [2.05, 4.69) is 0 Å². The maximum atomic E-state index is 12.0. The van der Waals surface area contributed by atoms with E-state index in [1.807, 2.05) is 25.7 Å². The molecule has 6 heteroatoms. The first-order chi connectivity index (χ1) is 9.42. The minimum absolute atomic E-state index is 0.0522. The molecule has 0 aliphatic carbocycles. The summed E-state index contributed by atoms with van der Waals surface area (Å²) in [5.74, 6) is -1.20. The van der Waals surface area contributed by atoms with Crippen LogP contribution in [0.1, 0.15) is 40.6 Å². The van der Waals surface area contributed by atoms with Crippen LogP contribution in [0.25, 0.3) is 0 Å². The Morgan fingerprint density at radius 2 is 1.95 bits per heavy atom. The van der Waals surface area contributed by atoms with Gasteiger partial charge >= 0.3 is 11.9 Å². The molecule has 0 amide bonds. The fourth-order valence-corrected chi connectivity index (χ4v) is 3.18. The second kappa shape index (κ2) is 7.28. The van der Waals surface area contributed by atoms with Crippen LogP contribution in [0.4, 0.5) is 5.00 Å². The number of thiophene rings is 1. The van der Waals surface area contributed by atoms with Crippen molar-refractivity contribution < 1.29 is 19.4 Å². The fraction of sp³-hybridized carbons (Fsp3) is 0.571. The van der Waals surface area contributed by atoms with Crippen molar-refractivity contribution in [1.82, 2.24) is 0 Å².